The molecule has 5 rings (SSSR count). The third kappa shape index (κ3) is 4.42. The summed E-state index contributed by atoms with van der Waals surface area (Å²) in [5.74, 6) is 2.00. The molecule has 3 aromatic heterocycles. The maximum atomic E-state index is 13.3. The van der Waals surface area contributed by atoms with Gasteiger partial charge < -0.3 is 19.7 Å². The first-order valence-electron chi connectivity index (χ1n) is 12.7. The van der Waals surface area contributed by atoms with E-state index in [1.807, 2.05) is 74.2 Å². The van der Waals surface area contributed by atoms with E-state index in [-0.39, 0.29) is 5.91 Å². The van der Waals surface area contributed by atoms with Crippen molar-refractivity contribution in [1.82, 2.24) is 9.97 Å². The quantitative estimate of drug-likeness (QED) is 0.266. The molecule has 1 aliphatic heterocycles. The Morgan fingerprint density at radius 1 is 1.00 bits per heavy atom. The van der Waals surface area contributed by atoms with Crippen molar-refractivity contribution in [2.24, 2.45) is 0 Å². The number of hydrogen-bond donors (Lipinski definition) is 0. The van der Waals surface area contributed by atoms with Crippen molar-refractivity contribution in [1.29, 1.82) is 0 Å². The lowest BCUT2D eigenvalue weighted by Gasteiger charge is -2.22. The second-order valence-electron chi connectivity index (χ2n) is 9.52. The summed E-state index contributed by atoms with van der Waals surface area (Å²) in [5, 5.41) is 12.3. The van der Waals surface area contributed by atoms with E-state index in [1.165, 1.54) is 0 Å². The highest BCUT2D eigenvalue weighted by atomic mass is 16.5. The number of hydrogen-bond acceptors (Lipinski definition) is 6. The summed E-state index contributed by atoms with van der Waals surface area (Å²) in [4.78, 5) is 26.2. The lowest BCUT2D eigenvalue weighted by molar-refractivity contribution is -0.618. The van der Waals surface area contributed by atoms with Crippen molar-refractivity contribution in [3.8, 4) is 16.9 Å². The largest absolute Gasteiger partial charge is 0.618 e. The van der Waals surface area contributed by atoms with Gasteiger partial charge in [-0.2, -0.15) is 4.73 Å². The van der Waals surface area contributed by atoms with Gasteiger partial charge in [0.25, 0.3) is 5.91 Å². The molecule has 0 saturated heterocycles. The second kappa shape index (κ2) is 10.1. The predicted molar refractivity (Wildman–Crippen MR) is 148 cm³/mol. The van der Waals surface area contributed by atoms with Gasteiger partial charge in [0.1, 0.15) is 11.6 Å². The summed E-state index contributed by atoms with van der Waals surface area (Å²) >= 11 is 0. The van der Waals surface area contributed by atoms with Crippen LogP contribution in [0.5, 0.6) is 5.75 Å². The molecule has 0 spiro atoms. The van der Waals surface area contributed by atoms with Crippen LogP contribution in [-0.4, -0.2) is 36.1 Å². The molecular weight excluding hydrogens is 478 g/mol. The van der Waals surface area contributed by atoms with Crippen LogP contribution in [0, 0.1) is 26.0 Å². The Kier molecular flexibility index (Phi) is 6.72. The van der Waals surface area contributed by atoms with Crippen LogP contribution in [0.15, 0.2) is 60.9 Å². The number of fused-ring (bicyclic) bond motifs is 2. The van der Waals surface area contributed by atoms with Gasteiger partial charge in [0.2, 0.25) is 0 Å². The molecule has 8 heteroatoms. The predicted octanol–water partition coefficient (Wildman–Crippen LogP) is 5.07. The molecule has 0 unspecified atom stereocenters. The van der Waals surface area contributed by atoms with Crippen LogP contribution in [0.25, 0.3) is 11.1 Å². The Balaban J connectivity index is 1.33. The summed E-state index contributed by atoms with van der Waals surface area (Å²) in [5.41, 5.74) is 6.45. The zero-order chi connectivity index (χ0) is 27.0. The maximum absolute atomic E-state index is 13.3. The van der Waals surface area contributed by atoms with Crippen LogP contribution in [0.3, 0.4) is 0 Å². The van der Waals surface area contributed by atoms with Crippen LogP contribution in [-0.2, 0) is 6.42 Å². The molecule has 0 saturated carbocycles. The van der Waals surface area contributed by atoms with Crippen LogP contribution in [0.1, 0.15) is 39.8 Å². The van der Waals surface area contributed by atoms with Gasteiger partial charge in [-0.3, -0.25) is 4.79 Å². The maximum Gasteiger partial charge on any atom is 0.261 e. The average molecular weight is 510 g/mol. The minimum absolute atomic E-state index is 0.113. The number of aromatic nitrogens is 3. The molecule has 38 heavy (non-hydrogen) atoms. The highest BCUT2D eigenvalue weighted by Crippen LogP contribution is 2.37. The molecule has 0 radical (unpaired) electrons. The number of aryl methyl sites for hydroxylation is 2. The van der Waals surface area contributed by atoms with Crippen LogP contribution in [0.2, 0.25) is 0 Å². The summed E-state index contributed by atoms with van der Waals surface area (Å²) in [6.07, 6.45) is 4.14. The number of ether oxygens (including phenoxy) is 1. The van der Waals surface area contributed by atoms with Crippen LogP contribution >= 0.6 is 0 Å². The van der Waals surface area contributed by atoms with Gasteiger partial charge >= 0.3 is 0 Å². The normalized spacial score (nSPS) is 12.7. The minimum Gasteiger partial charge on any atom is -0.618 e. The van der Waals surface area contributed by atoms with Gasteiger partial charge in [-0.25, -0.2) is 9.97 Å². The molecule has 0 atom stereocenters. The Morgan fingerprint density at radius 2 is 1.82 bits per heavy atom. The zero-order valence-electron chi connectivity index (χ0n) is 22.4. The molecule has 4 heterocycles. The summed E-state index contributed by atoms with van der Waals surface area (Å²) < 4.78 is 7.06. The number of nitrogens with zero attached hydrogens (tertiary/aromatic N) is 5. The lowest BCUT2D eigenvalue weighted by atomic mass is 10.0. The number of benzene rings is 1. The van der Waals surface area contributed by atoms with Gasteiger partial charge in [-0.05, 0) is 66.9 Å². The standard InChI is InChI=1S/C30H31N5O3/c1-6-34-28-25(30(36)33(5)26-8-7-14-31-29(26)34)17-22(18-32-28)13-15-38-27-12-10-23(16-19(27)2)24-11-9-20(3)35(37)21(24)4/h7-12,14,16-18H,6,13,15H2,1-5H3. The first kappa shape index (κ1) is 25.2. The number of carbonyl (C=O) groups excluding carboxylic acids is 1. The fraction of sp³-hybridized carbons (Fsp3) is 0.267. The Labute approximate surface area is 222 Å². The van der Waals surface area contributed by atoms with Gasteiger partial charge in [-0.15, -0.1) is 0 Å². The van der Waals surface area contributed by atoms with Crippen molar-refractivity contribution in [2.75, 3.05) is 30.0 Å². The summed E-state index contributed by atoms with van der Waals surface area (Å²) in [6.45, 7) is 8.73. The monoisotopic (exact) mass is 509 g/mol. The zero-order valence-corrected chi connectivity index (χ0v) is 22.4. The number of pyridine rings is 3. The van der Waals surface area contributed by atoms with E-state index in [4.69, 9.17) is 4.74 Å². The van der Waals surface area contributed by atoms with E-state index in [0.29, 0.717) is 42.3 Å². The van der Waals surface area contributed by atoms with E-state index in [0.717, 1.165) is 44.2 Å². The van der Waals surface area contributed by atoms with Gasteiger partial charge in [0, 0.05) is 52.3 Å². The lowest BCUT2D eigenvalue weighted by Crippen LogP contribution is -2.34. The van der Waals surface area contributed by atoms with E-state index in [9.17, 15) is 10.0 Å². The third-order valence-electron chi connectivity index (χ3n) is 7.05. The molecule has 1 aromatic carbocycles. The second-order valence-corrected chi connectivity index (χ2v) is 9.52. The van der Waals surface area contributed by atoms with Crippen molar-refractivity contribution in [3.63, 3.8) is 0 Å². The number of anilines is 3. The SMILES string of the molecule is CCN1c2ncc(CCOc3ccc(-c4ccc(C)[n+]([O-])c4C)cc3C)cc2C(=O)N(C)c2cccnc21. The van der Waals surface area contributed by atoms with Crippen molar-refractivity contribution < 1.29 is 14.3 Å². The first-order valence-corrected chi connectivity index (χ1v) is 12.7. The van der Waals surface area contributed by atoms with Gasteiger partial charge in [0.05, 0.1) is 23.4 Å². The van der Waals surface area contributed by atoms with Crippen molar-refractivity contribution in [3.05, 3.63) is 94.2 Å². The number of amides is 1. The van der Waals surface area contributed by atoms with E-state index < -0.39 is 0 Å². The van der Waals surface area contributed by atoms with Gasteiger partial charge in [-0.1, -0.05) is 6.07 Å². The molecule has 0 bridgehead atoms. The van der Waals surface area contributed by atoms with E-state index in [1.54, 1.807) is 31.3 Å². The number of carbonyl (C=O) groups is 1. The molecule has 194 valence electrons. The Morgan fingerprint density at radius 3 is 2.58 bits per heavy atom. The van der Waals surface area contributed by atoms with Crippen LogP contribution < -0.4 is 19.3 Å². The molecular formula is C30H31N5O3. The summed E-state index contributed by atoms with van der Waals surface area (Å²) in [6, 6.07) is 15.4. The van der Waals surface area contributed by atoms with Gasteiger partial charge in [0.15, 0.2) is 17.2 Å². The highest BCUT2D eigenvalue weighted by molar-refractivity contribution is 6.12. The fourth-order valence-electron chi connectivity index (χ4n) is 4.89. The number of rotatable bonds is 6. The molecule has 8 nitrogen and oxygen atoms in total. The average Bonchev–Trinajstić information content (AvgIpc) is 3.01. The Hall–Kier alpha value is -4.46. The first-order chi connectivity index (χ1) is 18.3. The highest BCUT2D eigenvalue weighted by Gasteiger charge is 2.30. The smallest absolute Gasteiger partial charge is 0.261 e. The molecule has 1 amide bonds. The molecule has 0 fully saturated rings. The Bertz CT molecular complexity index is 1530. The topological polar surface area (TPSA) is 85.5 Å². The van der Waals surface area contributed by atoms with Crippen LogP contribution in [0.4, 0.5) is 17.3 Å². The fourth-order valence-corrected chi connectivity index (χ4v) is 4.89. The summed E-state index contributed by atoms with van der Waals surface area (Å²) in [7, 11) is 1.77. The molecule has 0 N–H and O–H groups in total. The minimum atomic E-state index is -0.113. The molecule has 4 aromatic rings. The van der Waals surface area contributed by atoms with Crippen molar-refractivity contribution >= 4 is 23.2 Å². The third-order valence-corrected chi connectivity index (χ3v) is 7.05. The molecule has 1 aliphatic rings. The molecule has 0 aliphatic carbocycles. The van der Waals surface area contributed by atoms with Crippen molar-refractivity contribution in [2.45, 2.75) is 34.1 Å². The van der Waals surface area contributed by atoms with E-state index >= 15 is 0 Å². The van der Waals surface area contributed by atoms with E-state index in [2.05, 4.69) is 9.97 Å².